The van der Waals surface area contributed by atoms with E-state index in [1.165, 1.54) is 6.07 Å². The molecule has 18 heavy (non-hydrogen) atoms. The van der Waals surface area contributed by atoms with Gasteiger partial charge >= 0.3 is 6.03 Å². The van der Waals surface area contributed by atoms with Gasteiger partial charge in [-0.2, -0.15) is 0 Å². The quantitative estimate of drug-likeness (QED) is 0.855. The number of likely N-dealkylation sites (tertiary alicyclic amines) is 1. The second kappa shape index (κ2) is 5.38. The van der Waals surface area contributed by atoms with Crippen molar-refractivity contribution in [2.24, 2.45) is 0 Å². The largest absolute Gasteiger partial charge is 0.325 e. The number of nitrogens with zero attached hydrogens (tertiary/aromatic N) is 1. The fourth-order valence-electron chi connectivity index (χ4n) is 2.19. The Kier molecular flexibility index (Phi) is 3.84. The van der Waals surface area contributed by atoms with Gasteiger partial charge in [0.05, 0.1) is 0 Å². The van der Waals surface area contributed by atoms with Crippen LogP contribution in [0, 0.1) is 5.82 Å². The summed E-state index contributed by atoms with van der Waals surface area (Å²) < 4.78 is 13.5. The zero-order valence-electron chi connectivity index (χ0n) is 10.9. The van der Waals surface area contributed by atoms with Crippen molar-refractivity contribution in [3.8, 4) is 0 Å². The zero-order chi connectivity index (χ0) is 13.1. The Labute approximate surface area is 107 Å². The third-order valence-electron chi connectivity index (χ3n) is 3.26. The predicted octanol–water partition coefficient (Wildman–Crippen LogP) is 3.58. The molecule has 2 amide bonds. The van der Waals surface area contributed by atoms with Gasteiger partial charge < -0.3 is 10.2 Å². The number of hydrogen-bond donors (Lipinski definition) is 1. The molecule has 0 spiro atoms. The highest BCUT2D eigenvalue weighted by molar-refractivity contribution is 5.89. The first-order valence-electron chi connectivity index (χ1n) is 6.43. The van der Waals surface area contributed by atoms with Crippen LogP contribution in [0.25, 0.3) is 0 Å². The number of benzene rings is 1. The molecule has 1 aromatic carbocycles. The number of carbonyl (C=O) groups is 1. The van der Waals surface area contributed by atoms with Crippen LogP contribution in [0.3, 0.4) is 0 Å². The molecule has 1 aliphatic rings. The van der Waals surface area contributed by atoms with Gasteiger partial charge in [0.2, 0.25) is 0 Å². The first-order valence-corrected chi connectivity index (χ1v) is 6.43. The summed E-state index contributed by atoms with van der Waals surface area (Å²) in [5.74, 6) is -0.113. The highest BCUT2D eigenvalue weighted by atomic mass is 19.1. The number of carbonyl (C=O) groups excluding carboxylic acids is 1. The van der Waals surface area contributed by atoms with Crippen LogP contribution in [0.2, 0.25) is 0 Å². The van der Waals surface area contributed by atoms with Crippen molar-refractivity contribution in [2.75, 3.05) is 18.4 Å². The van der Waals surface area contributed by atoms with Gasteiger partial charge in [-0.15, -0.1) is 0 Å². The van der Waals surface area contributed by atoms with Crippen molar-refractivity contribution >= 4 is 11.7 Å². The van der Waals surface area contributed by atoms with Gasteiger partial charge in [-0.05, 0) is 42.5 Å². The molecule has 0 aliphatic carbocycles. The minimum Gasteiger partial charge on any atom is -0.325 e. The SMILES string of the molecule is CC(C)c1cc(NC(=O)N2CCCC2)ccc1F. The van der Waals surface area contributed by atoms with Gasteiger partial charge in [-0.25, -0.2) is 9.18 Å². The van der Waals surface area contributed by atoms with Crippen molar-refractivity contribution in [2.45, 2.75) is 32.6 Å². The number of amides is 2. The molecule has 0 aromatic heterocycles. The Bertz CT molecular complexity index is 439. The molecule has 1 aromatic rings. The molecule has 0 saturated carbocycles. The molecule has 3 nitrogen and oxygen atoms in total. The summed E-state index contributed by atoms with van der Waals surface area (Å²) in [5, 5.41) is 2.83. The predicted molar refractivity (Wildman–Crippen MR) is 70.3 cm³/mol. The topological polar surface area (TPSA) is 32.3 Å². The van der Waals surface area contributed by atoms with E-state index < -0.39 is 0 Å². The number of urea groups is 1. The van der Waals surface area contributed by atoms with E-state index in [0.29, 0.717) is 11.3 Å². The first kappa shape index (κ1) is 12.9. The maximum atomic E-state index is 13.5. The van der Waals surface area contributed by atoms with Crippen LogP contribution < -0.4 is 5.32 Å². The van der Waals surface area contributed by atoms with E-state index in [-0.39, 0.29) is 17.8 Å². The smallest absolute Gasteiger partial charge is 0.321 e. The van der Waals surface area contributed by atoms with Gasteiger partial charge in [0.15, 0.2) is 0 Å². The molecule has 4 heteroatoms. The van der Waals surface area contributed by atoms with Gasteiger partial charge in [0.25, 0.3) is 0 Å². The van der Waals surface area contributed by atoms with Crippen molar-refractivity contribution in [3.05, 3.63) is 29.6 Å². The summed E-state index contributed by atoms with van der Waals surface area (Å²) >= 11 is 0. The molecule has 0 atom stereocenters. The Morgan fingerprint density at radius 3 is 2.61 bits per heavy atom. The first-order chi connectivity index (χ1) is 8.58. The van der Waals surface area contributed by atoms with Crippen LogP contribution in [-0.2, 0) is 0 Å². The van der Waals surface area contributed by atoms with Gasteiger partial charge in [-0.3, -0.25) is 0 Å². The monoisotopic (exact) mass is 250 g/mol. The Balaban J connectivity index is 2.09. The summed E-state index contributed by atoms with van der Waals surface area (Å²) in [5.41, 5.74) is 1.30. The average Bonchev–Trinajstić information content (AvgIpc) is 2.85. The highest BCUT2D eigenvalue weighted by Gasteiger charge is 2.18. The fourth-order valence-corrected chi connectivity index (χ4v) is 2.19. The molecule has 1 saturated heterocycles. The maximum Gasteiger partial charge on any atom is 0.321 e. The van der Waals surface area contributed by atoms with Crippen LogP contribution in [0.5, 0.6) is 0 Å². The maximum absolute atomic E-state index is 13.5. The zero-order valence-corrected chi connectivity index (χ0v) is 10.9. The van der Waals surface area contributed by atoms with Crippen molar-refractivity contribution in [1.29, 1.82) is 0 Å². The van der Waals surface area contributed by atoms with Crippen LogP contribution in [0.15, 0.2) is 18.2 Å². The van der Waals surface area contributed by atoms with E-state index in [9.17, 15) is 9.18 Å². The second-order valence-electron chi connectivity index (χ2n) is 5.02. The minimum absolute atomic E-state index is 0.0891. The number of hydrogen-bond acceptors (Lipinski definition) is 1. The fraction of sp³-hybridized carbons (Fsp3) is 0.500. The van der Waals surface area contributed by atoms with E-state index >= 15 is 0 Å². The molecule has 1 aliphatic heterocycles. The Morgan fingerprint density at radius 2 is 2.00 bits per heavy atom. The lowest BCUT2D eigenvalue weighted by Gasteiger charge is -2.17. The van der Waals surface area contributed by atoms with E-state index in [4.69, 9.17) is 0 Å². The number of nitrogens with one attached hydrogen (secondary N) is 1. The van der Waals surface area contributed by atoms with Gasteiger partial charge in [-0.1, -0.05) is 13.8 Å². The number of halogens is 1. The normalized spacial score (nSPS) is 15.2. The van der Waals surface area contributed by atoms with E-state index in [2.05, 4.69) is 5.32 Å². The van der Waals surface area contributed by atoms with Crippen LogP contribution >= 0.6 is 0 Å². The van der Waals surface area contributed by atoms with Crippen molar-refractivity contribution in [3.63, 3.8) is 0 Å². The molecule has 1 heterocycles. The summed E-state index contributed by atoms with van der Waals surface area (Å²) in [7, 11) is 0. The molecular formula is C14H19FN2O. The molecule has 0 unspecified atom stereocenters. The van der Waals surface area contributed by atoms with Crippen LogP contribution in [0.4, 0.5) is 14.9 Å². The summed E-state index contributed by atoms with van der Waals surface area (Å²) in [4.78, 5) is 13.7. The lowest BCUT2D eigenvalue weighted by atomic mass is 10.0. The van der Waals surface area contributed by atoms with E-state index in [1.54, 1.807) is 17.0 Å². The Hall–Kier alpha value is -1.58. The number of anilines is 1. The molecule has 0 radical (unpaired) electrons. The Morgan fingerprint density at radius 1 is 1.33 bits per heavy atom. The van der Waals surface area contributed by atoms with Crippen LogP contribution in [-0.4, -0.2) is 24.0 Å². The van der Waals surface area contributed by atoms with E-state index in [0.717, 1.165) is 25.9 Å². The molecule has 98 valence electrons. The van der Waals surface area contributed by atoms with Crippen molar-refractivity contribution in [1.82, 2.24) is 4.90 Å². The molecular weight excluding hydrogens is 231 g/mol. The van der Waals surface area contributed by atoms with E-state index in [1.807, 2.05) is 13.8 Å². The summed E-state index contributed by atoms with van der Waals surface area (Å²) in [6.07, 6.45) is 2.13. The molecule has 0 bridgehead atoms. The molecule has 1 N–H and O–H groups in total. The minimum atomic E-state index is -0.218. The van der Waals surface area contributed by atoms with Gasteiger partial charge in [0, 0.05) is 18.8 Å². The van der Waals surface area contributed by atoms with Gasteiger partial charge in [0.1, 0.15) is 5.82 Å². The highest BCUT2D eigenvalue weighted by Crippen LogP contribution is 2.22. The molecule has 2 rings (SSSR count). The van der Waals surface area contributed by atoms with Crippen molar-refractivity contribution < 1.29 is 9.18 Å². The summed E-state index contributed by atoms with van der Waals surface area (Å²) in [6.45, 7) is 5.49. The lowest BCUT2D eigenvalue weighted by Crippen LogP contribution is -2.32. The third kappa shape index (κ3) is 2.81. The third-order valence-corrected chi connectivity index (χ3v) is 3.26. The standard InChI is InChI=1S/C14H19FN2O/c1-10(2)12-9-11(5-6-13(12)15)16-14(18)17-7-3-4-8-17/h5-6,9-10H,3-4,7-8H2,1-2H3,(H,16,18). The number of rotatable bonds is 2. The average molecular weight is 250 g/mol. The molecule has 1 fully saturated rings. The van der Waals surface area contributed by atoms with Crippen LogP contribution in [0.1, 0.15) is 38.2 Å². The second-order valence-corrected chi connectivity index (χ2v) is 5.02. The summed E-state index contributed by atoms with van der Waals surface area (Å²) in [6, 6.07) is 4.65. The lowest BCUT2D eigenvalue weighted by molar-refractivity contribution is 0.222.